The highest BCUT2D eigenvalue weighted by molar-refractivity contribution is 5.86. The Hall–Kier alpha value is -3.19. The molecule has 4 aromatic carbocycles. The van der Waals surface area contributed by atoms with Gasteiger partial charge < -0.3 is 0 Å². The third-order valence-corrected chi connectivity index (χ3v) is 5.42. The van der Waals surface area contributed by atoms with E-state index in [-0.39, 0.29) is 5.82 Å². The Balaban J connectivity index is 1.99. The van der Waals surface area contributed by atoms with Gasteiger partial charge in [-0.1, -0.05) is 91.0 Å². The molecule has 0 heterocycles. The van der Waals surface area contributed by atoms with Crippen molar-refractivity contribution in [1.82, 2.24) is 0 Å². The fourth-order valence-corrected chi connectivity index (χ4v) is 4.42. The van der Waals surface area contributed by atoms with Crippen LogP contribution in [0.5, 0.6) is 0 Å². The summed E-state index contributed by atoms with van der Waals surface area (Å²) in [5.41, 5.74) is 6.31. The van der Waals surface area contributed by atoms with Gasteiger partial charge in [0.25, 0.3) is 0 Å². The first-order valence-electron chi connectivity index (χ1n) is 8.83. The molecule has 0 radical (unpaired) electrons. The van der Waals surface area contributed by atoms with Gasteiger partial charge in [0.2, 0.25) is 0 Å². The molecule has 5 rings (SSSR count). The van der Waals surface area contributed by atoms with Crippen molar-refractivity contribution in [2.24, 2.45) is 0 Å². The first-order chi connectivity index (χ1) is 12.8. The lowest BCUT2D eigenvalue weighted by molar-refractivity contribution is 0.621. The van der Waals surface area contributed by atoms with Crippen LogP contribution < -0.4 is 0 Å². The van der Waals surface area contributed by atoms with Crippen LogP contribution in [-0.4, -0.2) is 0 Å². The van der Waals surface area contributed by atoms with Gasteiger partial charge in [0.05, 0.1) is 5.41 Å². The summed E-state index contributed by atoms with van der Waals surface area (Å²) in [5.74, 6) is -0.201. The molecule has 0 atom stereocenters. The molecule has 26 heavy (non-hydrogen) atoms. The highest BCUT2D eigenvalue weighted by Crippen LogP contribution is 2.55. The fraction of sp³-hybridized carbons (Fsp3) is 0.0400. The zero-order valence-corrected chi connectivity index (χ0v) is 14.2. The molecular formula is C25H17F. The van der Waals surface area contributed by atoms with E-state index in [9.17, 15) is 4.39 Å². The summed E-state index contributed by atoms with van der Waals surface area (Å²) >= 11 is 0. The van der Waals surface area contributed by atoms with Crippen molar-refractivity contribution in [2.75, 3.05) is 0 Å². The molecule has 0 spiro atoms. The summed E-state index contributed by atoms with van der Waals surface area (Å²) in [4.78, 5) is 0. The number of hydrogen-bond acceptors (Lipinski definition) is 0. The van der Waals surface area contributed by atoms with E-state index in [1.54, 1.807) is 12.1 Å². The Morgan fingerprint density at radius 1 is 0.500 bits per heavy atom. The van der Waals surface area contributed by atoms with Crippen molar-refractivity contribution in [3.05, 3.63) is 131 Å². The van der Waals surface area contributed by atoms with Gasteiger partial charge in [0, 0.05) is 0 Å². The molecule has 0 aliphatic heterocycles. The molecular weight excluding hydrogens is 319 g/mol. The number of hydrogen-bond donors (Lipinski definition) is 0. The van der Waals surface area contributed by atoms with Crippen molar-refractivity contribution >= 4 is 0 Å². The molecule has 4 aromatic rings. The summed E-state index contributed by atoms with van der Waals surface area (Å²) in [5, 5.41) is 0. The maximum absolute atomic E-state index is 14.4. The molecule has 0 bridgehead atoms. The van der Waals surface area contributed by atoms with Crippen LogP contribution >= 0.6 is 0 Å². The fourth-order valence-electron chi connectivity index (χ4n) is 4.42. The van der Waals surface area contributed by atoms with E-state index in [0.29, 0.717) is 0 Å². The molecule has 0 saturated carbocycles. The largest absolute Gasteiger partial charge is 0.207 e. The lowest BCUT2D eigenvalue weighted by atomic mass is 9.68. The molecule has 0 N–H and O–H groups in total. The van der Waals surface area contributed by atoms with E-state index in [2.05, 4.69) is 72.8 Å². The normalized spacial score (nSPS) is 13.9. The number of benzene rings is 4. The average molecular weight is 336 g/mol. The van der Waals surface area contributed by atoms with Crippen LogP contribution in [0.15, 0.2) is 103 Å². The van der Waals surface area contributed by atoms with Crippen molar-refractivity contribution < 1.29 is 4.39 Å². The molecule has 124 valence electrons. The maximum Gasteiger partial charge on any atom is 0.123 e. The van der Waals surface area contributed by atoms with Crippen LogP contribution in [0.25, 0.3) is 11.1 Å². The number of rotatable bonds is 2. The Labute approximate surface area is 152 Å². The topological polar surface area (TPSA) is 0 Å². The summed E-state index contributed by atoms with van der Waals surface area (Å²) in [6, 6.07) is 34.5. The van der Waals surface area contributed by atoms with Crippen LogP contribution in [0.4, 0.5) is 4.39 Å². The van der Waals surface area contributed by atoms with Crippen molar-refractivity contribution in [2.45, 2.75) is 5.41 Å². The first kappa shape index (κ1) is 15.1. The maximum atomic E-state index is 14.4. The van der Waals surface area contributed by atoms with Gasteiger partial charge >= 0.3 is 0 Å². The second-order valence-corrected chi connectivity index (χ2v) is 6.72. The van der Waals surface area contributed by atoms with Gasteiger partial charge in [-0.25, -0.2) is 4.39 Å². The number of fused-ring (bicyclic) bond motifs is 3. The van der Waals surface area contributed by atoms with Crippen LogP contribution in [0, 0.1) is 5.82 Å². The smallest absolute Gasteiger partial charge is 0.123 e. The molecule has 0 unspecified atom stereocenters. The lowest BCUT2D eigenvalue weighted by Crippen LogP contribution is -2.28. The first-order valence-corrected chi connectivity index (χ1v) is 8.83. The Bertz CT molecular complexity index is 1040. The molecule has 0 fully saturated rings. The minimum atomic E-state index is -0.503. The molecule has 1 aliphatic rings. The molecule has 0 aromatic heterocycles. The predicted molar refractivity (Wildman–Crippen MR) is 104 cm³/mol. The van der Waals surface area contributed by atoms with E-state index in [1.165, 1.54) is 11.1 Å². The minimum absolute atomic E-state index is 0.201. The van der Waals surface area contributed by atoms with E-state index >= 15 is 0 Å². The second kappa shape index (κ2) is 5.67. The second-order valence-electron chi connectivity index (χ2n) is 6.72. The Kier molecular flexibility index (Phi) is 3.29. The van der Waals surface area contributed by atoms with E-state index < -0.39 is 5.41 Å². The zero-order chi connectivity index (χ0) is 17.6. The average Bonchev–Trinajstić information content (AvgIpc) is 3.00. The molecule has 1 heteroatoms. The summed E-state index contributed by atoms with van der Waals surface area (Å²) < 4.78 is 14.4. The van der Waals surface area contributed by atoms with Gasteiger partial charge in [-0.05, 0) is 45.5 Å². The zero-order valence-electron chi connectivity index (χ0n) is 14.2. The quantitative estimate of drug-likeness (QED) is 0.360. The number of halogens is 1. The van der Waals surface area contributed by atoms with Gasteiger partial charge in [0.1, 0.15) is 5.82 Å². The Morgan fingerprint density at radius 3 is 1.69 bits per heavy atom. The van der Waals surface area contributed by atoms with Crippen LogP contribution in [0.2, 0.25) is 0 Å². The standard InChI is InChI=1S/C25H17F/c26-20-15-16-22-21-13-7-8-14-23(21)25(24(22)17-20,18-9-3-1-4-10-18)19-11-5-2-6-12-19/h1-17H. The van der Waals surface area contributed by atoms with Crippen LogP contribution in [0.1, 0.15) is 22.3 Å². The molecule has 0 nitrogen and oxygen atoms in total. The molecule has 0 amide bonds. The van der Waals surface area contributed by atoms with Crippen molar-refractivity contribution in [1.29, 1.82) is 0 Å². The third kappa shape index (κ3) is 1.94. The Morgan fingerprint density at radius 2 is 1.04 bits per heavy atom. The van der Waals surface area contributed by atoms with Crippen molar-refractivity contribution in [3.63, 3.8) is 0 Å². The van der Waals surface area contributed by atoms with Gasteiger partial charge in [-0.2, -0.15) is 0 Å². The van der Waals surface area contributed by atoms with Crippen LogP contribution in [0.3, 0.4) is 0 Å². The highest BCUT2D eigenvalue weighted by atomic mass is 19.1. The summed E-state index contributed by atoms with van der Waals surface area (Å²) in [6.07, 6.45) is 0. The summed E-state index contributed by atoms with van der Waals surface area (Å²) in [7, 11) is 0. The van der Waals surface area contributed by atoms with Gasteiger partial charge in [-0.3, -0.25) is 0 Å². The third-order valence-electron chi connectivity index (χ3n) is 5.42. The van der Waals surface area contributed by atoms with Gasteiger partial charge in [-0.15, -0.1) is 0 Å². The van der Waals surface area contributed by atoms with E-state index in [1.807, 2.05) is 18.2 Å². The molecule has 1 aliphatic carbocycles. The van der Waals surface area contributed by atoms with Crippen LogP contribution in [-0.2, 0) is 5.41 Å². The van der Waals surface area contributed by atoms with E-state index in [0.717, 1.165) is 22.3 Å². The van der Waals surface area contributed by atoms with E-state index in [4.69, 9.17) is 0 Å². The van der Waals surface area contributed by atoms with Crippen molar-refractivity contribution in [3.8, 4) is 11.1 Å². The minimum Gasteiger partial charge on any atom is -0.207 e. The monoisotopic (exact) mass is 336 g/mol. The predicted octanol–water partition coefficient (Wildman–Crippen LogP) is 6.19. The summed E-state index contributed by atoms with van der Waals surface area (Å²) in [6.45, 7) is 0. The van der Waals surface area contributed by atoms with Gasteiger partial charge in [0.15, 0.2) is 0 Å². The lowest BCUT2D eigenvalue weighted by Gasteiger charge is -2.33. The SMILES string of the molecule is Fc1ccc2c(c1)C(c1ccccc1)(c1ccccc1)c1ccccc1-2. The molecule has 0 saturated heterocycles. The highest BCUT2D eigenvalue weighted by Gasteiger charge is 2.45.